The molecule has 0 aliphatic carbocycles. The number of benzene rings is 2. The molecule has 2 aromatic rings. The van der Waals surface area contributed by atoms with E-state index >= 15 is 0 Å². The number of hydrogen-bond acceptors (Lipinski definition) is 3. The van der Waals surface area contributed by atoms with E-state index in [1.807, 2.05) is 32.9 Å². The van der Waals surface area contributed by atoms with Gasteiger partial charge in [-0.1, -0.05) is 50.6 Å². The van der Waals surface area contributed by atoms with E-state index in [-0.39, 0.29) is 23.4 Å². The third-order valence-corrected chi connectivity index (χ3v) is 5.83. The molecule has 0 atom stereocenters. The molecular weight excluding hydrogens is 396 g/mol. The summed E-state index contributed by atoms with van der Waals surface area (Å²) in [6.07, 6.45) is 2.05. The molecule has 0 saturated heterocycles. The summed E-state index contributed by atoms with van der Waals surface area (Å²) in [7, 11) is -3.44. The van der Waals surface area contributed by atoms with Gasteiger partial charge in [-0.05, 0) is 62.4 Å². The summed E-state index contributed by atoms with van der Waals surface area (Å²) in [6.45, 7) is 12.7. The molecule has 0 radical (unpaired) electrons. The fraction of sp³-hybridized carbons (Fsp3) is 0.458. The molecule has 0 saturated carbocycles. The monoisotopic (exact) mass is 430 g/mol. The van der Waals surface area contributed by atoms with E-state index in [0.29, 0.717) is 11.3 Å². The number of sulfonamides is 1. The average Bonchev–Trinajstić information content (AvgIpc) is 2.57. The summed E-state index contributed by atoms with van der Waals surface area (Å²) in [5.41, 5.74) is 2.83. The Balaban J connectivity index is 2.16. The number of hydrogen-bond donors (Lipinski definition) is 1. The minimum Gasteiger partial charge on any atom is -0.347 e. The van der Waals surface area contributed by atoms with Crippen molar-refractivity contribution in [3.8, 4) is 0 Å². The van der Waals surface area contributed by atoms with Gasteiger partial charge in [0.2, 0.25) is 10.0 Å². The highest BCUT2D eigenvalue weighted by atomic mass is 32.2. The molecule has 30 heavy (non-hydrogen) atoms. The Kier molecular flexibility index (Phi) is 7.02. The molecule has 0 heterocycles. The quantitative estimate of drug-likeness (QED) is 0.679. The highest BCUT2D eigenvalue weighted by Crippen LogP contribution is 2.27. The minimum atomic E-state index is -3.44. The summed E-state index contributed by atoms with van der Waals surface area (Å²) < 4.78 is 26.0. The maximum absolute atomic E-state index is 12.7. The second kappa shape index (κ2) is 8.80. The van der Waals surface area contributed by atoms with Crippen molar-refractivity contribution in [2.75, 3.05) is 10.6 Å². The van der Waals surface area contributed by atoms with Gasteiger partial charge in [-0.15, -0.1) is 0 Å². The van der Waals surface area contributed by atoms with Crippen LogP contribution in [0.1, 0.15) is 62.5 Å². The van der Waals surface area contributed by atoms with Gasteiger partial charge in [-0.25, -0.2) is 8.42 Å². The molecule has 2 rings (SSSR count). The Morgan fingerprint density at radius 1 is 0.933 bits per heavy atom. The minimum absolute atomic E-state index is 0.103. The topological polar surface area (TPSA) is 66.5 Å². The number of rotatable bonds is 7. The number of carbonyl (C=O) groups is 1. The number of anilines is 1. The molecule has 1 N–H and O–H groups in total. The zero-order valence-corrected chi connectivity index (χ0v) is 19.9. The predicted molar refractivity (Wildman–Crippen MR) is 124 cm³/mol. The van der Waals surface area contributed by atoms with Crippen molar-refractivity contribution in [2.45, 2.75) is 60.0 Å². The molecule has 0 unspecified atom stereocenters. The molecule has 0 aromatic heterocycles. The Labute approximate surface area is 181 Å². The number of nitrogens with one attached hydrogen (secondary N) is 1. The first-order valence-electron chi connectivity index (χ1n) is 10.1. The van der Waals surface area contributed by atoms with Crippen molar-refractivity contribution in [3.05, 3.63) is 65.2 Å². The average molecular weight is 431 g/mol. The van der Waals surface area contributed by atoms with Gasteiger partial charge >= 0.3 is 0 Å². The first-order chi connectivity index (χ1) is 13.7. The maximum Gasteiger partial charge on any atom is 0.251 e. The van der Waals surface area contributed by atoms with Crippen molar-refractivity contribution < 1.29 is 13.2 Å². The van der Waals surface area contributed by atoms with Gasteiger partial charge in [0, 0.05) is 11.1 Å². The van der Waals surface area contributed by atoms with E-state index in [1.165, 1.54) is 10.6 Å². The zero-order valence-electron chi connectivity index (χ0n) is 19.1. The lowest BCUT2D eigenvalue weighted by Gasteiger charge is -2.33. The number of nitrogens with zero attached hydrogens (tertiary/aromatic N) is 1. The van der Waals surface area contributed by atoms with Gasteiger partial charge in [0.1, 0.15) is 0 Å². The molecule has 164 valence electrons. The van der Waals surface area contributed by atoms with Crippen LogP contribution in [0.15, 0.2) is 48.5 Å². The van der Waals surface area contributed by atoms with Crippen molar-refractivity contribution in [2.24, 2.45) is 5.41 Å². The van der Waals surface area contributed by atoms with Crippen molar-refractivity contribution in [1.29, 1.82) is 0 Å². The molecule has 1 amide bonds. The van der Waals surface area contributed by atoms with E-state index in [0.717, 1.165) is 17.5 Å². The van der Waals surface area contributed by atoms with Gasteiger partial charge in [-0.2, -0.15) is 0 Å². The predicted octanol–water partition coefficient (Wildman–Crippen LogP) is 4.91. The lowest BCUT2D eigenvalue weighted by molar-refractivity contribution is 0.0891. The van der Waals surface area contributed by atoms with E-state index in [9.17, 15) is 13.2 Å². The van der Waals surface area contributed by atoms with Crippen molar-refractivity contribution >= 4 is 21.6 Å². The smallest absolute Gasteiger partial charge is 0.251 e. The highest BCUT2D eigenvalue weighted by Gasteiger charge is 2.27. The van der Waals surface area contributed by atoms with Crippen LogP contribution in [0.25, 0.3) is 0 Å². The summed E-state index contributed by atoms with van der Waals surface area (Å²) in [6, 6.07) is 14.5. The summed E-state index contributed by atoms with van der Waals surface area (Å²) >= 11 is 0. The second-order valence-corrected chi connectivity index (χ2v) is 11.8. The van der Waals surface area contributed by atoms with Gasteiger partial charge < -0.3 is 5.32 Å². The van der Waals surface area contributed by atoms with Crippen LogP contribution in [-0.2, 0) is 16.6 Å². The van der Waals surface area contributed by atoms with E-state index in [2.05, 4.69) is 26.1 Å². The third kappa shape index (κ3) is 7.17. The largest absolute Gasteiger partial charge is 0.347 e. The summed E-state index contributed by atoms with van der Waals surface area (Å²) in [4.78, 5) is 12.7. The summed E-state index contributed by atoms with van der Waals surface area (Å²) in [5.74, 6) is -0.130. The Morgan fingerprint density at radius 3 is 1.93 bits per heavy atom. The van der Waals surface area contributed by atoms with Crippen LogP contribution in [0.4, 0.5) is 5.69 Å². The molecule has 5 nitrogen and oxygen atoms in total. The second-order valence-electron chi connectivity index (χ2n) is 9.88. The molecule has 0 spiro atoms. The molecular formula is C24H34N2O3S. The van der Waals surface area contributed by atoms with Crippen molar-refractivity contribution in [3.63, 3.8) is 0 Å². The third-order valence-electron chi connectivity index (χ3n) is 4.69. The first-order valence-corrected chi connectivity index (χ1v) is 12.0. The fourth-order valence-corrected chi connectivity index (χ4v) is 4.68. The van der Waals surface area contributed by atoms with Crippen LogP contribution in [-0.4, -0.2) is 26.1 Å². The van der Waals surface area contributed by atoms with Crippen LogP contribution in [0.2, 0.25) is 0 Å². The van der Waals surface area contributed by atoms with Crippen LogP contribution >= 0.6 is 0 Å². The zero-order chi connectivity index (χ0) is 22.7. The molecule has 6 heteroatoms. The number of aryl methyl sites for hydroxylation is 1. The maximum atomic E-state index is 12.7. The van der Waals surface area contributed by atoms with Gasteiger partial charge in [-0.3, -0.25) is 9.10 Å². The fourth-order valence-electron chi connectivity index (χ4n) is 3.79. The molecule has 0 aliphatic heterocycles. The molecule has 2 aromatic carbocycles. The standard InChI is InChI=1S/C24H34N2O3S/c1-18-8-14-21(15-9-18)26(30(7,28)29)16-19-10-12-20(13-11-19)22(27)25-24(5,6)17-23(2,3)4/h8-15H,16-17H2,1-7H3,(H,25,27). The van der Waals surface area contributed by atoms with Gasteiger partial charge in [0.15, 0.2) is 0 Å². The number of carbonyl (C=O) groups excluding carboxylic acids is 1. The lowest BCUT2D eigenvalue weighted by atomic mass is 9.81. The van der Waals surface area contributed by atoms with E-state index in [4.69, 9.17) is 0 Å². The Bertz CT molecular complexity index is 971. The Hall–Kier alpha value is -2.34. The summed E-state index contributed by atoms with van der Waals surface area (Å²) in [5, 5.41) is 3.10. The SMILES string of the molecule is Cc1ccc(N(Cc2ccc(C(=O)NC(C)(C)CC(C)(C)C)cc2)S(C)(=O)=O)cc1. The van der Waals surface area contributed by atoms with Crippen LogP contribution in [0.5, 0.6) is 0 Å². The van der Waals surface area contributed by atoms with Crippen LogP contribution < -0.4 is 9.62 Å². The van der Waals surface area contributed by atoms with Crippen molar-refractivity contribution in [1.82, 2.24) is 5.32 Å². The number of amides is 1. The first kappa shape index (κ1) is 23.9. The van der Waals surface area contributed by atoms with Crippen LogP contribution in [0.3, 0.4) is 0 Å². The highest BCUT2D eigenvalue weighted by molar-refractivity contribution is 7.92. The normalized spacial score (nSPS) is 12.5. The lowest BCUT2D eigenvalue weighted by Crippen LogP contribution is -2.45. The van der Waals surface area contributed by atoms with Gasteiger partial charge in [0.25, 0.3) is 5.91 Å². The van der Waals surface area contributed by atoms with Gasteiger partial charge in [0.05, 0.1) is 18.5 Å². The molecule has 0 aliphatic rings. The van der Waals surface area contributed by atoms with E-state index < -0.39 is 10.0 Å². The Morgan fingerprint density at radius 2 is 1.47 bits per heavy atom. The van der Waals surface area contributed by atoms with Crippen LogP contribution in [0, 0.1) is 12.3 Å². The molecule has 0 fully saturated rings. The molecule has 0 bridgehead atoms. The van der Waals surface area contributed by atoms with E-state index in [1.54, 1.807) is 36.4 Å².